The number of H-pyrrole nitrogens is 1. The maximum absolute atomic E-state index is 11.9. The predicted molar refractivity (Wildman–Crippen MR) is 63.4 cm³/mol. The Morgan fingerprint density at radius 2 is 2.12 bits per heavy atom. The Balaban J connectivity index is 2.08. The number of carbonyl (C=O) groups is 1. The average molecular weight is 230 g/mol. The Kier molecular flexibility index (Phi) is 3.18. The van der Waals surface area contributed by atoms with Gasteiger partial charge in [-0.2, -0.15) is 5.10 Å². The highest BCUT2D eigenvalue weighted by Gasteiger charge is 2.14. The molecule has 0 radical (unpaired) electrons. The third-order valence-corrected chi connectivity index (χ3v) is 2.63. The van der Waals surface area contributed by atoms with E-state index >= 15 is 0 Å². The summed E-state index contributed by atoms with van der Waals surface area (Å²) < 4.78 is 0. The first-order valence-corrected chi connectivity index (χ1v) is 5.39. The van der Waals surface area contributed by atoms with Crippen LogP contribution in [0, 0.1) is 6.92 Å². The van der Waals surface area contributed by atoms with Crippen molar-refractivity contribution in [3.05, 3.63) is 47.5 Å². The van der Waals surface area contributed by atoms with Crippen LogP contribution in [-0.2, 0) is 0 Å². The molecule has 2 rings (SSSR count). The van der Waals surface area contributed by atoms with Crippen LogP contribution in [0.2, 0.25) is 0 Å². The van der Waals surface area contributed by atoms with E-state index in [4.69, 9.17) is 0 Å². The third-order valence-electron chi connectivity index (χ3n) is 2.63. The molecule has 1 atom stereocenters. The summed E-state index contributed by atoms with van der Waals surface area (Å²) >= 11 is 0. The lowest BCUT2D eigenvalue weighted by Gasteiger charge is -2.13. The predicted octanol–water partition coefficient (Wildman–Crippen LogP) is 1.60. The number of nitrogens with one attached hydrogen (secondary N) is 2. The molecule has 0 aliphatic rings. The van der Waals surface area contributed by atoms with Gasteiger partial charge in [0.2, 0.25) is 0 Å². The summed E-state index contributed by atoms with van der Waals surface area (Å²) in [6.45, 7) is 3.75. The van der Waals surface area contributed by atoms with Gasteiger partial charge in [-0.1, -0.05) is 0 Å². The fraction of sp³-hybridized carbons (Fsp3) is 0.250. The van der Waals surface area contributed by atoms with Gasteiger partial charge in [0.15, 0.2) is 0 Å². The molecule has 0 fully saturated rings. The van der Waals surface area contributed by atoms with Crippen LogP contribution in [0.1, 0.15) is 34.6 Å². The molecule has 5 heteroatoms. The highest BCUT2D eigenvalue weighted by molar-refractivity contribution is 5.95. The van der Waals surface area contributed by atoms with Crippen molar-refractivity contribution in [2.45, 2.75) is 19.9 Å². The maximum Gasteiger partial charge on any atom is 0.255 e. The summed E-state index contributed by atoms with van der Waals surface area (Å²) in [5, 5.41) is 9.48. The Hall–Kier alpha value is -2.17. The maximum atomic E-state index is 11.9. The molecular formula is C12H14N4O. The smallest absolute Gasteiger partial charge is 0.255 e. The fourth-order valence-corrected chi connectivity index (χ4v) is 1.59. The number of aromatic amines is 1. The fourth-order valence-electron chi connectivity index (χ4n) is 1.59. The van der Waals surface area contributed by atoms with E-state index in [0.717, 1.165) is 11.3 Å². The summed E-state index contributed by atoms with van der Waals surface area (Å²) in [7, 11) is 0. The number of hydrogen-bond donors (Lipinski definition) is 2. The SMILES string of the molecule is Cc1[nH]ncc1C(=O)NC(C)c1ccncc1. The van der Waals surface area contributed by atoms with Crippen LogP contribution in [0.4, 0.5) is 0 Å². The van der Waals surface area contributed by atoms with Crippen LogP contribution in [0.3, 0.4) is 0 Å². The number of rotatable bonds is 3. The third kappa shape index (κ3) is 2.50. The second-order valence-electron chi connectivity index (χ2n) is 3.88. The van der Waals surface area contributed by atoms with Gasteiger partial charge in [0.05, 0.1) is 17.8 Å². The second-order valence-corrected chi connectivity index (χ2v) is 3.88. The van der Waals surface area contributed by atoms with E-state index in [-0.39, 0.29) is 11.9 Å². The van der Waals surface area contributed by atoms with E-state index in [1.54, 1.807) is 12.4 Å². The van der Waals surface area contributed by atoms with Crippen LogP contribution in [0.5, 0.6) is 0 Å². The molecule has 88 valence electrons. The molecular weight excluding hydrogens is 216 g/mol. The van der Waals surface area contributed by atoms with Gasteiger partial charge in [0.25, 0.3) is 5.91 Å². The summed E-state index contributed by atoms with van der Waals surface area (Å²) in [6, 6.07) is 3.71. The number of carbonyl (C=O) groups excluding carboxylic acids is 1. The number of amides is 1. The first kappa shape index (κ1) is 11.3. The van der Waals surface area contributed by atoms with E-state index in [1.165, 1.54) is 6.20 Å². The lowest BCUT2D eigenvalue weighted by molar-refractivity contribution is 0.0939. The van der Waals surface area contributed by atoms with Crippen LogP contribution in [0.15, 0.2) is 30.7 Å². The van der Waals surface area contributed by atoms with E-state index in [2.05, 4.69) is 20.5 Å². The normalized spacial score (nSPS) is 12.1. The molecule has 5 nitrogen and oxygen atoms in total. The molecule has 2 heterocycles. The molecule has 0 aliphatic heterocycles. The van der Waals surface area contributed by atoms with Gasteiger partial charge >= 0.3 is 0 Å². The summed E-state index contributed by atoms with van der Waals surface area (Å²) in [5.74, 6) is -0.124. The summed E-state index contributed by atoms with van der Waals surface area (Å²) in [5.41, 5.74) is 2.37. The first-order valence-electron chi connectivity index (χ1n) is 5.39. The van der Waals surface area contributed by atoms with Crippen molar-refractivity contribution in [1.29, 1.82) is 0 Å². The molecule has 0 spiro atoms. The van der Waals surface area contributed by atoms with Crippen molar-refractivity contribution >= 4 is 5.91 Å². The minimum absolute atomic E-state index is 0.0557. The summed E-state index contributed by atoms with van der Waals surface area (Å²) in [4.78, 5) is 15.9. The molecule has 0 aliphatic carbocycles. The van der Waals surface area contributed by atoms with Crippen molar-refractivity contribution in [2.75, 3.05) is 0 Å². The molecule has 2 aromatic heterocycles. The molecule has 0 aromatic carbocycles. The van der Waals surface area contributed by atoms with E-state index in [1.807, 2.05) is 26.0 Å². The Morgan fingerprint density at radius 1 is 1.41 bits per heavy atom. The molecule has 0 saturated carbocycles. The van der Waals surface area contributed by atoms with E-state index < -0.39 is 0 Å². The minimum Gasteiger partial charge on any atom is -0.345 e. The molecule has 17 heavy (non-hydrogen) atoms. The standard InChI is InChI=1S/C12H14N4O/c1-8(10-3-5-13-6-4-10)15-12(17)11-7-14-16-9(11)2/h3-8H,1-2H3,(H,14,16)(H,15,17). The van der Waals surface area contributed by atoms with E-state index in [0.29, 0.717) is 5.56 Å². The average Bonchev–Trinajstić information content (AvgIpc) is 2.76. The van der Waals surface area contributed by atoms with Gasteiger partial charge in [0, 0.05) is 18.1 Å². The monoisotopic (exact) mass is 230 g/mol. The molecule has 2 N–H and O–H groups in total. The highest BCUT2D eigenvalue weighted by atomic mass is 16.1. The zero-order chi connectivity index (χ0) is 12.3. The van der Waals surface area contributed by atoms with Gasteiger partial charge in [-0.15, -0.1) is 0 Å². The van der Waals surface area contributed by atoms with Crippen molar-refractivity contribution in [3.63, 3.8) is 0 Å². The number of nitrogens with zero attached hydrogens (tertiary/aromatic N) is 2. The number of aromatic nitrogens is 3. The van der Waals surface area contributed by atoms with Crippen molar-refractivity contribution in [3.8, 4) is 0 Å². The Bertz CT molecular complexity index is 506. The largest absolute Gasteiger partial charge is 0.345 e. The second kappa shape index (κ2) is 4.78. The lowest BCUT2D eigenvalue weighted by atomic mass is 10.1. The van der Waals surface area contributed by atoms with Gasteiger partial charge < -0.3 is 5.32 Å². The molecule has 1 amide bonds. The highest BCUT2D eigenvalue weighted by Crippen LogP contribution is 2.12. The quantitative estimate of drug-likeness (QED) is 0.841. The van der Waals surface area contributed by atoms with Crippen LogP contribution in [-0.4, -0.2) is 21.1 Å². The zero-order valence-corrected chi connectivity index (χ0v) is 9.77. The summed E-state index contributed by atoms with van der Waals surface area (Å²) in [6.07, 6.45) is 4.95. The molecule has 1 unspecified atom stereocenters. The van der Waals surface area contributed by atoms with Crippen LogP contribution < -0.4 is 5.32 Å². The van der Waals surface area contributed by atoms with Crippen molar-refractivity contribution in [2.24, 2.45) is 0 Å². The van der Waals surface area contributed by atoms with Crippen molar-refractivity contribution < 1.29 is 4.79 Å². The minimum atomic E-state index is -0.124. The van der Waals surface area contributed by atoms with Crippen molar-refractivity contribution in [1.82, 2.24) is 20.5 Å². The van der Waals surface area contributed by atoms with Crippen LogP contribution in [0.25, 0.3) is 0 Å². The van der Waals surface area contributed by atoms with Gasteiger partial charge in [-0.3, -0.25) is 14.9 Å². The topological polar surface area (TPSA) is 70.7 Å². The zero-order valence-electron chi connectivity index (χ0n) is 9.77. The number of aryl methyl sites for hydroxylation is 1. The first-order chi connectivity index (χ1) is 8.18. The Labute approximate surface area is 99.3 Å². The molecule has 0 saturated heterocycles. The molecule has 0 bridgehead atoms. The van der Waals surface area contributed by atoms with Crippen LogP contribution >= 0.6 is 0 Å². The lowest BCUT2D eigenvalue weighted by Crippen LogP contribution is -2.26. The molecule has 2 aromatic rings. The Morgan fingerprint density at radius 3 is 2.71 bits per heavy atom. The van der Waals surface area contributed by atoms with Gasteiger partial charge in [-0.05, 0) is 31.5 Å². The van der Waals surface area contributed by atoms with E-state index in [9.17, 15) is 4.79 Å². The van der Waals surface area contributed by atoms with Gasteiger partial charge in [0.1, 0.15) is 0 Å². The number of pyridine rings is 1. The van der Waals surface area contributed by atoms with Gasteiger partial charge in [-0.25, -0.2) is 0 Å². The number of hydrogen-bond acceptors (Lipinski definition) is 3.